The molecule has 0 saturated carbocycles. The second-order valence-corrected chi connectivity index (χ2v) is 20.1. The van der Waals surface area contributed by atoms with Crippen molar-refractivity contribution < 1.29 is 23.3 Å². The Labute approximate surface area is 337 Å². The third kappa shape index (κ3) is 8.68. The van der Waals surface area contributed by atoms with Gasteiger partial charge in [0.1, 0.15) is 5.66 Å². The van der Waals surface area contributed by atoms with Crippen LogP contribution < -0.4 is 15.9 Å². The van der Waals surface area contributed by atoms with Crippen molar-refractivity contribution >= 4 is 114 Å². The summed E-state index contributed by atoms with van der Waals surface area (Å²) >= 11 is 15.4. The van der Waals surface area contributed by atoms with Gasteiger partial charge in [0, 0.05) is 35.7 Å². The molecule has 1 amide bonds. The molecule has 2 N–H and O–H groups in total. The number of carbonyl (C=O) groups is 1. The van der Waals surface area contributed by atoms with Crippen LogP contribution in [0.15, 0.2) is 150 Å². The molecule has 0 aliphatic carbocycles. The summed E-state index contributed by atoms with van der Waals surface area (Å²) in [5.41, 5.74) is 0.793. The van der Waals surface area contributed by atoms with Crippen LogP contribution in [0.4, 0.5) is 5.69 Å². The SMILES string of the molecule is CCOP(=O)(Cc1csc2ccc(Cl)cc12)c1ccccc1.O=C(Nc1ccc2ccccc2c1)C(c1csc2ccc(Cl)cc12)P(=O)(O)c1ccccc1. The van der Waals surface area contributed by atoms with Gasteiger partial charge in [-0.1, -0.05) is 89.9 Å². The zero-order valence-electron chi connectivity index (χ0n) is 29.5. The number of hydrogen-bond donors (Lipinski definition) is 2. The summed E-state index contributed by atoms with van der Waals surface area (Å²) in [5, 5.41) is 12.7. The summed E-state index contributed by atoms with van der Waals surface area (Å²) in [6, 6.07) is 42.3. The van der Waals surface area contributed by atoms with Crippen LogP contribution in [0.2, 0.25) is 10.0 Å². The van der Waals surface area contributed by atoms with Crippen molar-refractivity contribution in [2.24, 2.45) is 0 Å². The van der Waals surface area contributed by atoms with E-state index in [-0.39, 0.29) is 5.30 Å². The van der Waals surface area contributed by atoms with Gasteiger partial charge >= 0.3 is 0 Å². The van der Waals surface area contributed by atoms with Gasteiger partial charge in [0.15, 0.2) is 0 Å². The molecule has 2 aromatic heterocycles. The number of thiophene rings is 2. The normalized spacial score (nSPS) is 14.1. The first-order chi connectivity index (χ1) is 26.6. The summed E-state index contributed by atoms with van der Waals surface area (Å²) in [6.45, 7) is 2.30. The van der Waals surface area contributed by atoms with Crippen LogP contribution in [0.1, 0.15) is 23.7 Å². The summed E-state index contributed by atoms with van der Waals surface area (Å²) in [4.78, 5) is 25.0. The van der Waals surface area contributed by atoms with Crippen LogP contribution in [0.5, 0.6) is 0 Å². The molecule has 0 spiro atoms. The summed E-state index contributed by atoms with van der Waals surface area (Å²) < 4.78 is 35.0. The fraction of sp³-hybridized carbons (Fsp3) is 0.0930. The Morgan fingerprint density at radius 2 is 1.29 bits per heavy atom. The molecule has 2 heterocycles. The number of amides is 1. The lowest BCUT2D eigenvalue weighted by Gasteiger charge is -2.23. The van der Waals surface area contributed by atoms with E-state index in [0.29, 0.717) is 39.5 Å². The lowest BCUT2D eigenvalue weighted by molar-refractivity contribution is -0.116. The smallest absolute Gasteiger partial charge is 0.246 e. The van der Waals surface area contributed by atoms with Crippen molar-refractivity contribution in [3.63, 3.8) is 0 Å². The Morgan fingerprint density at radius 1 is 0.709 bits per heavy atom. The van der Waals surface area contributed by atoms with Gasteiger partial charge in [-0.3, -0.25) is 13.9 Å². The van der Waals surface area contributed by atoms with Crippen LogP contribution in [-0.4, -0.2) is 17.4 Å². The summed E-state index contributed by atoms with van der Waals surface area (Å²) in [6.07, 6.45) is 0.394. The molecule has 0 bridgehead atoms. The molecule has 0 radical (unpaired) electrons. The van der Waals surface area contributed by atoms with Gasteiger partial charge in [0.25, 0.3) is 0 Å². The molecular formula is C43H35Cl2NO5P2S2. The van der Waals surface area contributed by atoms with Crippen molar-refractivity contribution in [3.05, 3.63) is 171 Å². The highest BCUT2D eigenvalue weighted by atomic mass is 35.5. The number of nitrogens with one attached hydrogen (secondary N) is 1. The third-order valence-corrected chi connectivity index (χ3v) is 16.3. The molecule has 55 heavy (non-hydrogen) atoms. The Bertz CT molecular complexity index is 2720. The van der Waals surface area contributed by atoms with E-state index in [2.05, 4.69) is 10.7 Å². The van der Waals surface area contributed by atoms with Gasteiger partial charge in [0.2, 0.25) is 20.6 Å². The average Bonchev–Trinajstić information content (AvgIpc) is 3.78. The maximum atomic E-state index is 13.9. The van der Waals surface area contributed by atoms with E-state index < -0.39 is 26.3 Å². The van der Waals surface area contributed by atoms with E-state index in [9.17, 15) is 18.8 Å². The molecule has 6 nitrogen and oxygen atoms in total. The first-order valence-electron chi connectivity index (χ1n) is 17.3. The van der Waals surface area contributed by atoms with E-state index in [0.717, 1.165) is 36.4 Å². The van der Waals surface area contributed by atoms with E-state index >= 15 is 0 Å². The minimum Gasteiger partial charge on any atom is -0.340 e. The molecule has 0 fully saturated rings. The van der Waals surface area contributed by atoms with Gasteiger partial charge in [-0.2, -0.15) is 0 Å². The summed E-state index contributed by atoms with van der Waals surface area (Å²) in [5.74, 6) is -0.542. The van der Waals surface area contributed by atoms with Crippen LogP contribution in [0.3, 0.4) is 0 Å². The number of anilines is 1. The predicted octanol–water partition coefficient (Wildman–Crippen LogP) is 12.7. The standard InChI is InChI=1S/C26H19ClNO3PS.C17H16ClO2PS/c27-19-11-13-24-22(15-19)23(16-33-24)25(32(30,31)21-8-2-1-3-9-21)26(29)28-20-12-10-17-6-4-5-7-18(17)14-20;1-2-20-21(19,15-6-4-3-5-7-15)11-13-12-22-17-9-8-14(18)10-16(13)17/h1-16,25H,(H,28,29)(H,30,31);3-10,12H,2,11H2,1H3. The minimum absolute atomic E-state index is 0.227. The highest BCUT2D eigenvalue weighted by Gasteiger charge is 2.41. The quantitative estimate of drug-likeness (QED) is 0.134. The maximum Gasteiger partial charge on any atom is 0.246 e. The molecule has 3 atom stereocenters. The van der Waals surface area contributed by atoms with Crippen LogP contribution >= 0.6 is 60.6 Å². The first-order valence-corrected chi connectivity index (χ1v) is 23.4. The van der Waals surface area contributed by atoms with Crippen molar-refractivity contribution in [2.75, 3.05) is 11.9 Å². The number of carbonyl (C=O) groups excluding carboxylic acids is 1. The highest BCUT2D eigenvalue weighted by molar-refractivity contribution is 7.67. The monoisotopic (exact) mass is 841 g/mol. The molecule has 8 rings (SSSR count). The molecule has 0 aliphatic rings. The molecule has 3 unspecified atom stereocenters. The first kappa shape index (κ1) is 39.2. The van der Waals surface area contributed by atoms with E-state index in [1.165, 1.54) is 11.3 Å². The van der Waals surface area contributed by atoms with Gasteiger partial charge < -0.3 is 14.7 Å². The van der Waals surface area contributed by atoms with Crippen LogP contribution in [-0.2, 0) is 24.6 Å². The van der Waals surface area contributed by atoms with Gasteiger partial charge in [0.05, 0.1) is 12.8 Å². The largest absolute Gasteiger partial charge is 0.340 e. The number of fused-ring (bicyclic) bond motifs is 3. The fourth-order valence-electron chi connectivity index (χ4n) is 6.47. The van der Waals surface area contributed by atoms with Gasteiger partial charge in [-0.25, -0.2) is 0 Å². The van der Waals surface area contributed by atoms with E-state index in [1.807, 2.05) is 97.9 Å². The molecule has 8 aromatic rings. The van der Waals surface area contributed by atoms with Gasteiger partial charge in [-0.05, 0) is 123 Å². The predicted molar refractivity (Wildman–Crippen MR) is 234 cm³/mol. The zero-order valence-corrected chi connectivity index (χ0v) is 34.4. The zero-order chi connectivity index (χ0) is 38.6. The lowest BCUT2D eigenvalue weighted by Crippen LogP contribution is -2.25. The molecule has 6 aromatic carbocycles. The second kappa shape index (κ2) is 17.0. The Kier molecular flexibility index (Phi) is 12.1. The molecule has 12 heteroatoms. The van der Waals surface area contributed by atoms with Crippen molar-refractivity contribution in [2.45, 2.75) is 18.7 Å². The van der Waals surface area contributed by atoms with Crippen LogP contribution in [0, 0.1) is 0 Å². The molecule has 0 saturated heterocycles. The highest BCUT2D eigenvalue weighted by Crippen LogP contribution is 2.57. The van der Waals surface area contributed by atoms with E-state index in [4.69, 9.17) is 27.7 Å². The molecule has 278 valence electrons. The minimum atomic E-state index is -4.15. The fourth-order valence-corrected chi connectivity index (χ4v) is 13.0. The maximum absolute atomic E-state index is 13.9. The molecular weight excluding hydrogens is 807 g/mol. The Hall–Kier alpha value is -4.07. The topological polar surface area (TPSA) is 92.7 Å². The van der Waals surface area contributed by atoms with Gasteiger partial charge in [-0.15, -0.1) is 22.7 Å². The van der Waals surface area contributed by atoms with Crippen molar-refractivity contribution in [3.8, 4) is 0 Å². The second-order valence-electron chi connectivity index (χ2n) is 12.7. The molecule has 0 aliphatic heterocycles. The van der Waals surface area contributed by atoms with Crippen LogP contribution in [0.25, 0.3) is 30.9 Å². The van der Waals surface area contributed by atoms with E-state index in [1.54, 1.807) is 65.2 Å². The number of benzene rings is 6. The Balaban J connectivity index is 0.000000184. The lowest BCUT2D eigenvalue weighted by atomic mass is 10.1. The Morgan fingerprint density at radius 3 is 1.96 bits per heavy atom. The van der Waals surface area contributed by atoms with Crippen molar-refractivity contribution in [1.82, 2.24) is 0 Å². The van der Waals surface area contributed by atoms with Crippen molar-refractivity contribution in [1.29, 1.82) is 0 Å². The number of hydrogen-bond acceptors (Lipinski definition) is 6. The number of rotatable bonds is 10. The third-order valence-electron chi connectivity index (χ3n) is 9.08. The summed E-state index contributed by atoms with van der Waals surface area (Å²) in [7, 11) is -7.07. The number of halogens is 2. The average molecular weight is 843 g/mol.